The third-order valence-electron chi connectivity index (χ3n) is 3.94. The molecule has 0 bridgehead atoms. The van der Waals surface area contributed by atoms with Crippen LogP contribution in [0.15, 0.2) is 23.1 Å². The summed E-state index contributed by atoms with van der Waals surface area (Å²) < 4.78 is 52.1. The van der Waals surface area contributed by atoms with Gasteiger partial charge in [-0.2, -0.15) is 0 Å². The van der Waals surface area contributed by atoms with Crippen LogP contribution in [0.3, 0.4) is 0 Å². The molecule has 1 aliphatic carbocycles. The van der Waals surface area contributed by atoms with Crippen molar-refractivity contribution in [3.05, 3.63) is 23.8 Å². The molecule has 1 heterocycles. The fourth-order valence-electron chi connectivity index (χ4n) is 2.63. The standard InChI is InChI=1S/C14H18N2O5S2/c1-9-7-12(16-14(17)10(2)8-22(16,18)19)5-6-13(9)23(20,21)15-11-3-4-11/h5-7,10-11,15H,3-4,8H2,1-2H3. The number of nitrogens with zero attached hydrogens (tertiary/aromatic N) is 1. The van der Waals surface area contributed by atoms with Gasteiger partial charge >= 0.3 is 0 Å². The van der Waals surface area contributed by atoms with Crippen molar-refractivity contribution in [2.75, 3.05) is 10.1 Å². The van der Waals surface area contributed by atoms with Gasteiger partial charge in [-0.1, -0.05) is 6.92 Å². The van der Waals surface area contributed by atoms with Crippen LogP contribution in [0.1, 0.15) is 25.3 Å². The largest absolute Gasteiger partial charge is 0.273 e. The molecule has 1 amide bonds. The molecule has 1 N–H and O–H groups in total. The van der Waals surface area contributed by atoms with Crippen LogP contribution in [-0.2, 0) is 24.8 Å². The zero-order valence-corrected chi connectivity index (χ0v) is 14.4. The van der Waals surface area contributed by atoms with Gasteiger partial charge in [0.2, 0.25) is 26.0 Å². The summed E-state index contributed by atoms with van der Waals surface area (Å²) in [7, 11) is -7.32. The van der Waals surface area contributed by atoms with Crippen molar-refractivity contribution >= 4 is 31.6 Å². The van der Waals surface area contributed by atoms with E-state index in [1.165, 1.54) is 18.2 Å². The number of nitrogens with one attached hydrogen (secondary N) is 1. The first-order chi connectivity index (χ1) is 10.6. The summed E-state index contributed by atoms with van der Waals surface area (Å²) in [4.78, 5) is 12.2. The van der Waals surface area contributed by atoms with Crippen LogP contribution >= 0.6 is 0 Å². The van der Waals surface area contributed by atoms with Crippen molar-refractivity contribution < 1.29 is 21.6 Å². The number of carbonyl (C=O) groups excluding carboxylic acids is 1. The zero-order chi connectivity index (χ0) is 17.0. The van der Waals surface area contributed by atoms with E-state index in [0.717, 1.165) is 17.1 Å². The number of hydrogen-bond donors (Lipinski definition) is 1. The van der Waals surface area contributed by atoms with E-state index in [-0.39, 0.29) is 22.4 Å². The first-order valence-corrected chi connectivity index (χ1v) is 10.4. The smallest absolute Gasteiger partial charge is 0.244 e. The van der Waals surface area contributed by atoms with E-state index in [1.807, 2.05) is 0 Å². The van der Waals surface area contributed by atoms with E-state index in [4.69, 9.17) is 0 Å². The van der Waals surface area contributed by atoms with Crippen LogP contribution in [-0.4, -0.2) is 34.5 Å². The van der Waals surface area contributed by atoms with Crippen molar-refractivity contribution in [2.24, 2.45) is 5.92 Å². The Morgan fingerprint density at radius 2 is 1.91 bits per heavy atom. The quantitative estimate of drug-likeness (QED) is 0.856. The van der Waals surface area contributed by atoms with Crippen molar-refractivity contribution in [1.82, 2.24) is 4.72 Å². The predicted octanol–water partition coefficient (Wildman–Crippen LogP) is 0.748. The predicted molar refractivity (Wildman–Crippen MR) is 85.0 cm³/mol. The molecular formula is C14H18N2O5S2. The highest BCUT2D eigenvalue weighted by Crippen LogP contribution is 2.31. The van der Waals surface area contributed by atoms with Crippen LogP contribution in [0, 0.1) is 12.8 Å². The van der Waals surface area contributed by atoms with Crippen molar-refractivity contribution in [1.29, 1.82) is 0 Å². The van der Waals surface area contributed by atoms with Gasteiger partial charge in [-0.25, -0.2) is 25.9 Å². The Bertz CT molecular complexity index is 872. The van der Waals surface area contributed by atoms with Gasteiger partial charge in [-0.05, 0) is 43.5 Å². The summed E-state index contributed by atoms with van der Waals surface area (Å²) in [6.07, 6.45) is 1.66. The van der Waals surface area contributed by atoms with Crippen LogP contribution in [0.4, 0.5) is 5.69 Å². The number of sulfonamides is 2. The van der Waals surface area contributed by atoms with E-state index in [2.05, 4.69) is 4.72 Å². The Hall–Kier alpha value is -1.45. The molecule has 1 saturated carbocycles. The lowest BCUT2D eigenvalue weighted by molar-refractivity contribution is -0.119. The molecule has 1 aliphatic heterocycles. The van der Waals surface area contributed by atoms with Gasteiger partial charge in [-0.3, -0.25) is 4.79 Å². The second-order valence-electron chi connectivity index (χ2n) is 6.13. The molecule has 0 spiro atoms. The zero-order valence-electron chi connectivity index (χ0n) is 12.8. The van der Waals surface area contributed by atoms with Crippen LogP contribution in [0.2, 0.25) is 0 Å². The van der Waals surface area contributed by atoms with E-state index >= 15 is 0 Å². The van der Waals surface area contributed by atoms with Gasteiger partial charge in [0.25, 0.3) is 0 Å². The Kier molecular flexibility index (Phi) is 3.77. The number of rotatable bonds is 4. The maximum Gasteiger partial charge on any atom is 0.244 e. The van der Waals surface area contributed by atoms with E-state index in [1.54, 1.807) is 13.8 Å². The van der Waals surface area contributed by atoms with Gasteiger partial charge in [0.15, 0.2) is 0 Å². The lowest BCUT2D eigenvalue weighted by Gasteiger charge is -2.17. The molecular weight excluding hydrogens is 340 g/mol. The molecule has 2 aliphatic rings. The minimum atomic E-state index is -3.69. The molecule has 1 atom stereocenters. The fourth-order valence-corrected chi connectivity index (χ4v) is 5.98. The van der Waals surface area contributed by atoms with Crippen molar-refractivity contribution in [3.63, 3.8) is 0 Å². The minimum absolute atomic E-state index is 0.0135. The average molecular weight is 358 g/mol. The number of hydrogen-bond acceptors (Lipinski definition) is 5. The normalized spacial score (nSPS) is 24.2. The number of benzene rings is 1. The first kappa shape index (κ1) is 16.4. The second kappa shape index (κ2) is 5.29. The highest BCUT2D eigenvalue weighted by Gasteiger charge is 2.42. The molecule has 1 aromatic carbocycles. The van der Waals surface area contributed by atoms with Gasteiger partial charge in [0, 0.05) is 6.04 Å². The van der Waals surface area contributed by atoms with Crippen LogP contribution < -0.4 is 9.03 Å². The number of aryl methyl sites for hydroxylation is 1. The topological polar surface area (TPSA) is 101 Å². The third kappa shape index (κ3) is 3.00. The number of carbonyl (C=O) groups is 1. The summed E-state index contributed by atoms with van der Waals surface area (Å²) in [5, 5.41) is 0. The average Bonchev–Trinajstić information content (AvgIpc) is 3.16. The van der Waals surface area contributed by atoms with E-state index in [0.29, 0.717) is 5.56 Å². The highest BCUT2D eigenvalue weighted by atomic mass is 32.2. The molecule has 0 aromatic heterocycles. The minimum Gasteiger partial charge on any atom is -0.273 e. The maximum atomic E-state index is 12.3. The molecule has 7 nitrogen and oxygen atoms in total. The van der Waals surface area contributed by atoms with E-state index < -0.39 is 31.9 Å². The Morgan fingerprint density at radius 1 is 1.26 bits per heavy atom. The van der Waals surface area contributed by atoms with E-state index in [9.17, 15) is 21.6 Å². The summed E-state index contributed by atoms with van der Waals surface area (Å²) >= 11 is 0. The van der Waals surface area contributed by atoms with Gasteiger partial charge < -0.3 is 0 Å². The fraction of sp³-hybridized carbons (Fsp3) is 0.500. The Balaban J connectivity index is 1.98. The molecule has 2 fully saturated rings. The Morgan fingerprint density at radius 3 is 2.39 bits per heavy atom. The first-order valence-electron chi connectivity index (χ1n) is 7.31. The summed E-state index contributed by atoms with van der Waals surface area (Å²) in [5.41, 5.74) is 0.584. The summed E-state index contributed by atoms with van der Waals surface area (Å²) in [6.45, 7) is 3.15. The lowest BCUT2D eigenvalue weighted by atomic mass is 10.2. The monoisotopic (exact) mass is 358 g/mol. The molecule has 0 radical (unpaired) electrons. The molecule has 3 rings (SSSR count). The molecule has 23 heavy (non-hydrogen) atoms. The van der Waals surface area contributed by atoms with Gasteiger partial charge in [-0.15, -0.1) is 0 Å². The van der Waals surface area contributed by atoms with Gasteiger partial charge in [0.1, 0.15) is 0 Å². The van der Waals surface area contributed by atoms with Crippen molar-refractivity contribution in [3.8, 4) is 0 Å². The molecule has 1 aromatic rings. The van der Waals surface area contributed by atoms with Crippen molar-refractivity contribution in [2.45, 2.75) is 37.6 Å². The van der Waals surface area contributed by atoms with Crippen LogP contribution in [0.5, 0.6) is 0 Å². The summed E-state index contributed by atoms with van der Waals surface area (Å²) in [6, 6.07) is 4.12. The highest BCUT2D eigenvalue weighted by molar-refractivity contribution is 7.94. The molecule has 9 heteroatoms. The molecule has 1 unspecified atom stereocenters. The SMILES string of the molecule is Cc1cc(N2C(=O)C(C)CS2(=O)=O)ccc1S(=O)(=O)NC1CC1. The number of amides is 1. The third-order valence-corrected chi connectivity index (χ3v) is 7.49. The number of anilines is 1. The maximum absolute atomic E-state index is 12.3. The Labute approximate surface area is 135 Å². The molecule has 1 saturated heterocycles. The lowest BCUT2D eigenvalue weighted by Crippen LogP contribution is -2.30. The molecule has 126 valence electrons. The van der Waals surface area contributed by atoms with Crippen LogP contribution in [0.25, 0.3) is 0 Å². The second-order valence-corrected chi connectivity index (χ2v) is 9.67. The van der Waals surface area contributed by atoms with Gasteiger partial charge in [0.05, 0.1) is 22.3 Å². The summed E-state index contributed by atoms with van der Waals surface area (Å²) in [5.74, 6) is -1.31.